The number of hydrogen-bond acceptors (Lipinski definition) is 4. The first-order chi connectivity index (χ1) is 5.40. The molecule has 4 nitrogen and oxygen atoms in total. The first kappa shape index (κ1) is 6.30. The zero-order valence-electron chi connectivity index (χ0n) is 5.82. The van der Waals surface area contributed by atoms with Gasteiger partial charge in [0, 0.05) is 6.07 Å². The molecule has 0 radical (unpaired) electrons. The summed E-state index contributed by atoms with van der Waals surface area (Å²) >= 11 is 0. The summed E-state index contributed by atoms with van der Waals surface area (Å²) in [6, 6.07) is 1.79. The van der Waals surface area contributed by atoms with E-state index in [-0.39, 0.29) is 0 Å². The van der Waals surface area contributed by atoms with Crippen LogP contribution in [0.15, 0.2) is 22.9 Å². The van der Waals surface area contributed by atoms with Crippen LogP contribution in [0.1, 0.15) is 5.82 Å². The second kappa shape index (κ2) is 2.32. The van der Waals surface area contributed by atoms with Gasteiger partial charge in [0.25, 0.3) is 0 Å². The molecule has 2 rings (SSSR count). The fourth-order valence-corrected chi connectivity index (χ4v) is 0.903. The van der Waals surface area contributed by atoms with E-state index in [4.69, 9.17) is 10.2 Å². The number of aromatic nitrogens is 2. The lowest BCUT2D eigenvalue weighted by molar-refractivity contribution is 0.613. The third-order valence-corrected chi connectivity index (χ3v) is 1.44. The van der Waals surface area contributed by atoms with Gasteiger partial charge in [-0.05, 0) is 0 Å². The van der Waals surface area contributed by atoms with Crippen LogP contribution in [0.4, 0.5) is 0 Å². The lowest BCUT2D eigenvalue weighted by Gasteiger charge is -1.91. The Balaban J connectivity index is 2.67. The molecule has 0 bridgehead atoms. The molecule has 2 aromatic rings. The van der Waals surface area contributed by atoms with Crippen molar-refractivity contribution >= 4 is 11.1 Å². The molecule has 0 aliphatic rings. The van der Waals surface area contributed by atoms with Gasteiger partial charge in [0.15, 0.2) is 5.58 Å². The summed E-state index contributed by atoms with van der Waals surface area (Å²) in [4.78, 5) is 8.09. The van der Waals surface area contributed by atoms with Crippen molar-refractivity contribution in [2.24, 2.45) is 5.73 Å². The van der Waals surface area contributed by atoms with Gasteiger partial charge in [-0.15, -0.1) is 0 Å². The Bertz CT molecular complexity index is 368. The highest BCUT2D eigenvalue weighted by Gasteiger charge is 1.98. The first-order valence-electron chi connectivity index (χ1n) is 3.29. The molecule has 0 aromatic carbocycles. The largest absolute Gasteiger partial charge is 0.461 e. The summed E-state index contributed by atoms with van der Waals surface area (Å²) in [5.74, 6) is 0.638. The third kappa shape index (κ3) is 0.969. The van der Waals surface area contributed by atoms with Crippen LogP contribution in [-0.4, -0.2) is 9.97 Å². The van der Waals surface area contributed by atoms with Gasteiger partial charge < -0.3 is 10.2 Å². The molecule has 0 saturated carbocycles. The van der Waals surface area contributed by atoms with E-state index in [9.17, 15) is 0 Å². The molecule has 0 amide bonds. The highest BCUT2D eigenvalue weighted by molar-refractivity contribution is 5.70. The molecule has 11 heavy (non-hydrogen) atoms. The van der Waals surface area contributed by atoms with Gasteiger partial charge in [-0.25, -0.2) is 9.97 Å². The van der Waals surface area contributed by atoms with E-state index in [0.29, 0.717) is 18.0 Å². The van der Waals surface area contributed by atoms with Crippen molar-refractivity contribution < 1.29 is 4.42 Å². The molecule has 0 atom stereocenters. The smallest absolute Gasteiger partial charge is 0.170 e. The molecular formula is C7H7N3O. The summed E-state index contributed by atoms with van der Waals surface area (Å²) in [5, 5.41) is 0. The van der Waals surface area contributed by atoms with Crippen LogP contribution in [0.5, 0.6) is 0 Å². The molecule has 0 aliphatic carbocycles. The van der Waals surface area contributed by atoms with E-state index in [1.54, 1.807) is 18.5 Å². The quantitative estimate of drug-likeness (QED) is 0.647. The highest BCUT2D eigenvalue weighted by Crippen LogP contribution is 2.10. The molecule has 0 spiro atoms. The third-order valence-electron chi connectivity index (χ3n) is 1.44. The molecule has 56 valence electrons. The van der Waals surface area contributed by atoms with Crippen LogP contribution in [0.2, 0.25) is 0 Å². The van der Waals surface area contributed by atoms with Gasteiger partial charge in [0.2, 0.25) is 0 Å². The molecular weight excluding hydrogens is 142 g/mol. The minimum Gasteiger partial charge on any atom is -0.461 e. The zero-order valence-corrected chi connectivity index (χ0v) is 5.82. The predicted octanol–water partition coefficient (Wildman–Crippen LogP) is 0.681. The summed E-state index contributed by atoms with van der Waals surface area (Å²) in [6.45, 7) is 0.362. The van der Waals surface area contributed by atoms with Crippen LogP contribution in [0.3, 0.4) is 0 Å². The van der Waals surface area contributed by atoms with Crippen LogP contribution < -0.4 is 5.73 Å². The number of furan rings is 1. The topological polar surface area (TPSA) is 64.9 Å². The first-order valence-corrected chi connectivity index (χ1v) is 3.29. The fraction of sp³-hybridized carbons (Fsp3) is 0.143. The second-order valence-electron chi connectivity index (χ2n) is 2.16. The van der Waals surface area contributed by atoms with Crippen molar-refractivity contribution in [1.82, 2.24) is 9.97 Å². The van der Waals surface area contributed by atoms with Crippen LogP contribution >= 0.6 is 0 Å². The van der Waals surface area contributed by atoms with Crippen molar-refractivity contribution in [2.75, 3.05) is 0 Å². The SMILES string of the molecule is NCc1ncc2occc2n1. The van der Waals surface area contributed by atoms with Gasteiger partial charge in [-0.3, -0.25) is 0 Å². The molecule has 2 aromatic heterocycles. The lowest BCUT2D eigenvalue weighted by atomic mass is 10.4. The van der Waals surface area contributed by atoms with Gasteiger partial charge >= 0.3 is 0 Å². The maximum Gasteiger partial charge on any atom is 0.170 e. The summed E-state index contributed by atoms with van der Waals surface area (Å²) in [7, 11) is 0. The van der Waals surface area contributed by atoms with Crippen molar-refractivity contribution in [1.29, 1.82) is 0 Å². The maximum atomic E-state index is 5.35. The van der Waals surface area contributed by atoms with E-state index in [0.717, 1.165) is 5.52 Å². The summed E-state index contributed by atoms with van der Waals surface area (Å²) in [6.07, 6.45) is 3.21. The number of fused-ring (bicyclic) bond motifs is 1. The average Bonchev–Trinajstić information content (AvgIpc) is 2.50. The average molecular weight is 149 g/mol. The lowest BCUT2D eigenvalue weighted by Crippen LogP contribution is -2.01. The Morgan fingerprint density at radius 2 is 2.45 bits per heavy atom. The fourth-order valence-electron chi connectivity index (χ4n) is 0.903. The Kier molecular flexibility index (Phi) is 1.33. The van der Waals surface area contributed by atoms with Crippen LogP contribution in [-0.2, 0) is 6.54 Å². The number of nitrogens with zero attached hydrogens (tertiary/aromatic N) is 2. The van der Waals surface area contributed by atoms with Crippen molar-refractivity contribution in [3.63, 3.8) is 0 Å². The predicted molar refractivity (Wildman–Crippen MR) is 39.7 cm³/mol. The monoisotopic (exact) mass is 149 g/mol. The van der Waals surface area contributed by atoms with Crippen molar-refractivity contribution in [3.8, 4) is 0 Å². The van der Waals surface area contributed by atoms with Crippen molar-refractivity contribution in [2.45, 2.75) is 6.54 Å². The van der Waals surface area contributed by atoms with Crippen LogP contribution in [0.25, 0.3) is 11.1 Å². The van der Waals surface area contributed by atoms with E-state index in [2.05, 4.69) is 9.97 Å². The van der Waals surface area contributed by atoms with E-state index < -0.39 is 0 Å². The Labute approximate surface area is 63.1 Å². The maximum absolute atomic E-state index is 5.35. The molecule has 4 heteroatoms. The van der Waals surface area contributed by atoms with Gasteiger partial charge in [-0.2, -0.15) is 0 Å². The molecule has 0 unspecified atom stereocenters. The number of nitrogens with two attached hydrogens (primary N) is 1. The normalized spacial score (nSPS) is 10.6. The second-order valence-corrected chi connectivity index (χ2v) is 2.16. The molecule has 0 aliphatic heterocycles. The number of rotatable bonds is 1. The molecule has 2 heterocycles. The van der Waals surface area contributed by atoms with Gasteiger partial charge in [-0.1, -0.05) is 0 Å². The highest BCUT2D eigenvalue weighted by atomic mass is 16.3. The van der Waals surface area contributed by atoms with E-state index in [1.165, 1.54) is 0 Å². The van der Waals surface area contributed by atoms with Gasteiger partial charge in [0.05, 0.1) is 19.0 Å². The zero-order chi connectivity index (χ0) is 7.68. The summed E-state index contributed by atoms with van der Waals surface area (Å²) < 4.78 is 5.05. The molecule has 0 fully saturated rings. The standard InChI is InChI=1S/C7H7N3O/c8-3-7-9-4-6-5(10-7)1-2-11-6/h1-2,4H,3,8H2. The Hall–Kier alpha value is -1.42. The molecule has 0 saturated heterocycles. The minimum atomic E-state index is 0.362. The van der Waals surface area contributed by atoms with Crippen LogP contribution in [0, 0.1) is 0 Å². The molecule has 2 N–H and O–H groups in total. The minimum absolute atomic E-state index is 0.362. The Morgan fingerprint density at radius 1 is 1.55 bits per heavy atom. The van der Waals surface area contributed by atoms with E-state index in [1.807, 2.05) is 0 Å². The summed E-state index contributed by atoms with van der Waals surface area (Å²) in [5.41, 5.74) is 6.86. The van der Waals surface area contributed by atoms with Crippen molar-refractivity contribution in [3.05, 3.63) is 24.4 Å². The number of hydrogen-bond donors (Lipinski definition) is 1. The van der Waals surface area contributed by atoms with Gasteiger partial charge in [0.1, 0.15) is 11.3 Å². The van der Waals surface area contributed by atoms with E-state index >= 15 is 0 Å². The Morgan fingerprint density at radius 3 is 3.27 bits per heavy atom.